The Morgan fingerprint density at radius 2 is 1.12 bits per heavy atom. The molecule has 0 aliphatic rings. The van der Waals surface area contributed by atoms with Gasteiger partial charge >= 0.3 is 90.6 Å². The fraction of sp³-hybridized carbons (Fsp3) is 0.950. The van der Waals surface area contributed by atoms with Crippen LogP contribution in [0.3, 0.4) is 0 Å². The zero-order valence-electron chi connectivity index (χ0n) is 17.1. The molecular formula is C20H41O4Sn. The minimum atomic E-state index is -0.516. The van der Waals surface area contributed by atoms with Crippen molar-refractivity contribution in [1.29, 1.82) is 0 Å². The second-order valence-corrected chi connectivity index (χ2v) is 7.06. The van der Waals surface area contributed by atoms with E-state index < -0.39 is 6.16 Å². The van der Waals surface area contributed by atoms with Crippen molar-refractivity contribution < 1.29 is 17.3 Å². The number of carbonyl (C=O) groups excluding carboxylic acids is 1. The van der Waals surface area contributed by atoms with E-state index in [9.17, 15) is 4.79 Å². The van der Waals surface area contributed by atoms with Gasteiger partial charge in [0.1, 0.15) is 0 Å². The van der Waals surface area contributed by atoms with Gasteiger partial charge in [-0.15, -0.1) is 0 Å². The first-order valence-electron chi connectivity index (χ1n) is 10.3. The molecule has 0 aromatic rings. The normalized spacial score (nSPS) is 10.3. The average Bonchev–Trinajstić information content (AvgIpc) is 2.63. The van der Waals surface area contributed by atoms with Crippen LogP contribution < -0.4 is 0 Å². The summed E-state index contributed by atoms with van der Waals surface area (Å²) in [7, 11) is 0. The van der Waals surface area contributed by atoms with E-state index in [0.29, 0.717) is 19.3 Å². The maximum absolute atomic E-state index is 10.9. The molecule has 149 valence electrons. The Hall–Kier alpha value is 0.0287. The molecule has 0 unspecified atom stereocenters. The van der Waals surface area contributed by atoms with Crippen LogP contribution in [0.15, 0.2) is 0 Å². The number of carbonyl (C=O) groups is 1. The van der Waals surface area contributed by atoms with Crippen molar-refractivity contribution in [2.75, 3.05) is 13.2 Å². The van der Waals surface area contributed by atoms with E-state index in [0.717, 1.165) is 38.5 Å². The van der Waals surface area contributed by atoms with Gasteiger partial charge in [-0.1, -0.05) is 39.5 Å². The number of unbranched alkanes of at least 4 members (excludes halogenated alkanes) is 6. The predicted octanol–water partition coefficient (Wildman–Crippen LogP) is 6.36. The van der Waals surface area contributed by atoms with Crippen LogP contribution in [0.5, 0.6) is 0 Å². The van der Waals surface area contributed by atoms with E-state index in [4.69, 9.17) is 12.5 Å². The van der Waals surface area contributed by atoms with Crippen LogP contribution >= 0.6 is 0 Å². The molecule has 5 heteroatoms. The molecule has 4 nitrogen and oxygen atoms in total. The van der Waals surface area contributed by atoms with Crippen molar-refractivity contribution in [2.24, 2.45) is 0 Å². The molecule has 25 heavy (non-hydrogen) atoms. The Morgan fingerprint density at radius 1 is 0.720 bits per heavy atom. The van der Waals surface area contributed by atoms with Gasteiger partial charge in [-0.3, -0.25) is 0 Å². The van der Waals surface area contributed by atoms with Crippen LogP contribution in [-0.2, 0) is 12.5 Å². The van der Waals surface area contributed by atoms with Crippen LogP contribution in [0.2, 0.25) is 0 Å². The molecule has 0 rings (SSSR count). The maximum atomic E-state index is 10.9. The van der Waals surface area contributed by atoms with Gasteiger partial charge in [0, 0.05) is 0 Å². The molecule has 0 fully saturated rings. The first-order chi connectivity index (χ1) is 12.2. The molecule has 0 spiro atoms. The molecule has 0 heterocycles. The number of hydrogen-bond donors (Lipinski definition) is 0. The molecule has 0 aromatic heterocycles. The molecule has 0 saturated heterocycles. The summed E-state index contributed by atoms with van der Waals surface area (Å²) in [4.78, 5) is 10.9. The summed E-state index contributed by atoms with van der Waals surface area (Å²) in [5.74, 6) is 0. The second-order valence-electron chi connectivity index (χ2n) is 6.39. The topological polar surface area (TPSA) is 44.8 Å². The molecular weight excluding hydrogens is 423 g/mol. The first-order valence-corrected chi connectivity index (χ1v) is 11.4. The van der Waals surface area contributed by atoms with E-state index in [1.54, 1.807) is 0 Å². The van der Waals surface area contributed by atoms with Gasteiger partial charge in [-0.25, -0.2) is 4.79 Å². The maximum Gasteiger partial charge on any atom is 0.508 e. The fourth-order valence-electron chi connectivity index (χ4n) is 2.18. The van der Waals surface area contributed by atoms with Crippen LogP contribution in [0.25, 0.3) is 0 Å². The zero-order chi connectivity index (χ0) is 19.2. The van der Waals surface area contributed by atoms with E-state index in [1.165, 1.54) is 61.5 Å². The molecule has 0 N–H and O–H groups in total. The summed E-state index contributed by atoms with van der Waals surface area (Å²) in [6.45, 7) is 9.67. The Morgan fingerprint density at radius 3 is 1.44 bits per heavy atom. The smallest absolute Gasteiger partial charge is 0.434 e. The first kappa shape index (κ1) is 27.2. The van der Waals surface area contributed by atoms with E-state index >= 15 is 0 Å². The Bertz CT molecular complexity index is 240. The van der Waals surface area contributed by atoms with Crippen molar-refractivity contribution >= 4 is 29.1 Å². The van der Waals surface area contributed by atoms with E-state index in [1.807, 2.05) is 0 Å². The summed E-state index contributed by atoms with van der Waals surface area (Å²) in [5.41, 5.74) is 0. The Labute approximate surface area is 170 Å². The van der Waals surface area contributed by atoms with Crippen molar-refractivity contribution in [3.63, 3.8) is 0 Å². The standard InChI is InChI=1S/C11H22O3.C9H19O.Sn/c1-3-5-7-9-13-11(12)14-10-8-6-4-2;1-3-5-7-9(10)8-6-4-2;/h3-10H2,1-2H3;9H,3-8H2,1-2H3;/q;-1;+1. The summed E-state index contributed by atoms with van der Waals surface area (Å²) in [5, 5.41) is 0. The monoisotopic (exact) mass is 465 g/mol. The molecule has 0 saturated carbocycles. The fourth-order valence-corrected chi connectivity index (χ4v) is 2.86. The van der Waals surface area contributed by atoms with Crippen LogP contribution in [-0.4, -0.2) is 48.4 Å². The van der Waals surface area contributed by atoms with Crippen LogP contribution in [0.4, 0.5) is 4.79 Å². The van der Waals surface area contributed by atoms with Gasteiger partial charge in [0.25, 0.3) is 0 Å². The average molecular weight is 464 g/mol. The Kier molecular flexibility index (Phi) is 26.2. The third-order valence-electron chi connectivity index (χ3n) is 3.86. The van der Waals surface area contributed by atoms with Gasteiger partial charge in [-0.2, -0.15) is 0 Å². The SMILES string of the molecule is CCCCC(CCCC)[O][Sn].CCCCCOC(=O)OCCCCC. The molecule has 0 aliphatic carbocycles. The zero-order valence-corrected chi connectivity index (χ0v) is 20.0. The van der Waals surface area contributed by atoms with Gasteiger partial charge in [-0.05, 0) is 12.8 Å². The van der Waals surface area contributed by atoms with Crippen LogP contribution in [0.1, 0.15) is 105 Å². The molecule has 0 atom stereocenters. The predicted molar refractivity (Wildman–Crippen MR) is 106 cm³/mol. The van der Waals surface area contributed by atoms with Gasteiger partial charge in [0.05, 0.1) is 13.2 Å². The summed E-state index contributed by atoms with van der Waals surface area (Å²) < 4.78 is 15.2. The third kappa shape index (κ3) is 24.0. The number of hydrogen-bond acceptors (Lipinski definition) is 4. The van der Waals surface area contributed by atoms with Crippen LogP contribution in [0, 0.1) is 0 Å². The minimum absolute atomic E-state index is 0.487. The molecule has 0 aliphatic heterocycles. The van der Waals surface area contributed by atoms with Crippen molar-refractivity contribution in [2.45, 2.75) is 111 Å². The van der Waals surface area contributed by atoms with Crippen molar-refractivity contribution in [1.82, 2.24) is 0 Å². The molecule has 0 amide bonds. The van der Waals surface area contributed by atoms with Crippen molar-refractivity contribution in [3.8, 4) is 0 Å². The van der Waals surface area contributed by atoms with Crippen molar-refractivity contribution in [3.05, 3.63) is 0 Å². The summed E-state index contributed by atoms with van der Waals surface area (Å²) in [6.07, 6.45) is 14.1. The van der Waals surface area contributed by atoms with Gasteiger partial charge in [0.2, 0.25) is 0 Å². The second kappa shape index (κ2) is 24.0. The summed E-state index contributed by atoms with van der Waals surface area (Å²) >= 11 is 1.23. The molecule has 3 radical (unpaired) electrons. The number of rotatable bonds is 15. The minimum Gasteiger partial charge on any atom is -0.434 e. The molecule has 0 bridgehead atoms. The summed E-state index contributed by atoms with van der Waals surface area (Å²) in [6, 6.07) is 0. The van der Waals surface area contributed by atoms with Gasteiger partial charge in [0.15, 0.2) is 0 Å². The van der Waals surface area contributed by atoms with E-state index in [-0.39, 0.29) is 0 Å². The van der Waals surface area contributed by atoms with Gasteiger partial charge < -0.3 is 9.47 Å². The quantitative estimate of drug-likeness (QED) is 0.161. The third-order valence-corrected chi connectivity index (χ3v) is 4.81. The largest absolute Gasteiger partial charge is 0.508 e. The number of ether oxygens (including phenoxy) is 2. The molecule has 0 aromatic carbocycles. The van der Waals surface area contributed by atoms with E-state index in [2.05, 4.69) is 27.7 Å². The Balaban J connectivity index is 0.